The summed E-state index contributed by atoms with van der Waals surface area (Å²) in [7, 11) is 0. The van der Waals surface area contributed by atoms with Crippen molar-refractivity contribution in [1.29, 1.82) is 0 Å². The van der Waals surface area contributed by atoms with Crippen LogP contribution in [-0.2, 0) is 26.5 Å². The Labute approximate surface area is 171 Å². The van der Waals surface area contributed by atoms with Gasteiger partial charge in [0.05, 0.1) is 25.0 Å². The number of carbonyl (C=O) groups excluding carboxylic acids is 1. The zero-order chi connectivity index (χ0) is 19.4. The van der Waals surface area contributed by atoms with Crippen molar-refractivity contribution in [3.05, 3.63) is 88.9 Å². The van der Waals surface area contributed by atoms with E-state index in [1.54, 1.807) is 36.8 Å². The predicted octanol–water partition coefficient (Wildman–Crippen LogP) is 3.77. The molecule has 144 valence electrons. The van der Waals surface area contributed by atoms with Crippen LogP contribution in [0.1, 0.15) is 15.9 Å². The first kappa shape index (κ1) is 18.9. The Morgan fingerprint density at radius 2 is 2.00 bits per heavy atom. The first-order chi connectivity index (χ1) is 13.6. The number of ether oxygens (including phenoxy) is 3. The van der Waals surface area contributed by atoms with Gasteiger partial charge in [-0.1, -0.05) is 46.3 Å². The predicted molar refractivity (Wildman–Crippen MR) is 106 cm³/mol. The summed E-state index contributed by atoms with van der Waals surface area (Å²) >= 11 is 3.45. The lowest BCUT2D eigenvalue weighted by Gasteiger charge is -2.29. The van der Waals surface area contributed by atoms with Crippen molar-refractivity contribution in [2.45, 2.75) is 18.4 Å². The summed E-state index contributed by atoms with van der Waals surface area (Å²) in [4.78, 5) is 16.3. The molecule has 1 fully saturated rings. The van der Waals surface area contributed by atoms with Crippen molar-refractivity contribution in [1.82, 2.24) is 9.55 Å². The number of benzene rings is 2. The average molecular weight is 443 g/mol. The maximum atomic E-state index is 12.2. The van der Waals surface area contributed by atoms with Gasteiger partial charge >= 0.3 is 5.97 Å². The van der Waals surface area contributed by atoms with Crippen molar-refractivity contribution in [2.75, 3.05) is 13.2 Å². The number of hydrogen-bond acceptors (Lipinski definition) is 5. The van der Waals surface area contributed by atoms with Crippen molar-refractivity contribution in [2.24, 2.45) is 0 Å². The van der Waals surface area contributed by atoms with E-state index in [1.165, 1.54) is 0 Å². The summed E-state index contributed by atoms with van der Waals surface area (Å²) in [6, 6.07) is 16.7. The van der Waals surface area contributed by atoms with Gasteiger partial charge in [0.15, 0.2) is 0 Å². The van der Waals surface area contributed by atoms with Gasteiger partial charge in [0.2, 0.25) is 5.79 Å². The van der Waals surface area contributed by atoms with Crippen molar-refractivity contribution >= 4 is 21.9 Å². The lowest BCUT2D eigenvalue weighted by molar-refractivity contribution is -0.190. The zero-order valence-electron chi connectivity index (χ0n) is 15.0. The Balaban J connectivity index is 1.47. The van der Waals surface area contributed by atoms with E-state index in [1.807, 2.05) is 41.1 Å². The fraction of sp³-hybridized carbons (Fsp3) is 0.238. The molecular formula is C21H19BrN2O4. The molecule has 2 heterocycles. The number of rotatable bonds is 6. The normalized spacial score (nSPS) is 21.5. The van der Waals surface area contributed by atoms with Crippen molar-refractivity contribution in [3.8, 4) is 0 Å². The van der Waals surface area contributed by atoms with Gasteiger partial charge in [-0.05, 0) is 24.3 Å². The fourth-order valence-electron chi connectivity index (χ4n) is 3.12. The molecule has 0 spiro atoms. The molecular weight excluding hydrogens is 424 g/mol. The first-order valence-corrected chi connectivity index (χ1v) is 9.70. The zero-order valence-corrected chi connectivity index (χ0v) is 16.6. The second kappa shape index (κ2) is 8.26. The number of hydrogen-bond donors (Lipinski definition) is 0. The standard InChI is InChI=1S/C21H19BrN2O4/c22-18-8-6-17(7-9-18)21(14-24-11-10-23-15-24)27-13-19(28-21)12-26-20(25)16-4-2-1-3-5-16/h1-11,15,19H,12-14H2/t19-,21-/m1/s1. The van der Waals surface area contributed by atoms with Gasteiger partial charge in [-0.2, -0.15) is 0 Å². The van der Waals surface area contributed by atoms with Gasteiger partial charge < -0.3 is 18.8 Å². The molecule has 1 aromatic heterocycles. The minimum Gasteiger partial charge on any atom is -0.459 e. The Hall–Kier alpha value is -2.48. The van der Waals surface area contributed by atoms with Crippen LogP contribution in [0.4, 0.5) is 0 Å². The SMILES string of the molecule is O=C(OC[C@@H]1CO[C@@](Cn2ccnc2)(c2ccc(Br)cc2)O1)c1ccccc1. The quantitative estimate of drug-likeness (QED) is 0.543. The Bertz CT molecular complexity index is 915. The molecule has 3 aromatic rings. The molecule has 7 heteroatoms. The number of esters is 1. The molecule has 0 bridgehead atoms. The summed E-state index contributed by atoms with van der Waals surface area (Å²) in [5, 5.41) is 0. The minimum atomic E-state index is -0.967. The molecule has 0 aliphatic carbocycles. The molecule has 0 radical (unpaired) electrons. The van der Waals surface area contributed by atoms with E-state index in [-0.39, 0.29) is 18.7 Å². The topological polar surface area (TPSA) is 62.6 Å². The summed E-state index contributed by atoms with van der Waals surface area (Å²) in [5.74, 6) is -1.34. The number of nitrogens with zero attached hydrogens (tertiary/aromatic N) is 2. The van der Waals surface area contributed by atoms with Crippen LogP contribution >= 0.6 is 15.9 Å². The monoisotopic (exact) mass is 442 g/mol. The van der Waals surface area contributed by atoms with E-state index >= 15 is 0 Å². The Kier molecular flexibility index (Phi) is 5.57. The van der Waals surface area contributed by atoms with Gasteiger partial charge in [-0.15, -0.1) is 0 Å². The van der Waals surface area contributed by atoms with E-state index in [4.69, 9.17) is 14.2 Å². The van der Waals surface area contributed by atoms with Crippen LogP contribution in [0, 0.1) is 0 Å². The number of halogens is 1. The van der Waals surface area contributed by atoms with Crippen LogP contribution in [0.2, 0.25) is 0 Å². The number of carbonyl (C=O) groups is 1. The molecule has 1 aliphatic rings. The molecule has 6 nitrogen and oxygen atoms in total. The first-order valence-electron chi connectivity index (χ1n) is 8.90. The number of imidazole rings is 1. The summed E-state index contributed by atoms with van der Waals surface area (Å²) in [6.07, 6.45) is 4.93. The second-order valence-corrected chi connectivity index (χ2v) is 7.43. The molecule has 0 unspecified atom stereocenters. The second-order valence-electron chi connectivity index (χ2n) is 6.51. The maximum absolute atomic E-state index is 12.2. The molecule has 2 aromatic carbocycles. The van der Waals surface area contributed by atoms with Crippen LogP contribution in [-0.4, -0.2) is 34.8 Å². The summed E-state index contributed by atoms with van der Waals surface area (Å²) in [5.41, 5.74) is 1.40. The highest BCUT2D eigenvalue weighted by molar-refractivity contribution is 9.10. The Morgan fingerprint density at radius 1 is 1.21 bits per heavy atom. The minimum absolute atomic E-state index is 0.121. The molecule has 4 rings (SSSR count). The molecule has 28 heavy (non-hydrogen) atoms. The van der Waals surface area contributed by atoms with Gasteiger partial charge in [0.1, 0.15) is 12.7 Å². The van der Waals surface area contributed by atoms with E-state index in [9.17, 15) is 4.79 Å². The molecule has 0 amide bonds. The van der Waals surface area contributed by atoms with E-state index < -0.39 is 5.79 Å². The maximum Gasteiger partial charge on any atom is 0.338 e. The van der Waals surface area contributed by atoms with Crippen LogP contribution in [0.15, 0.2) is 77.8 Å². The number of aromatic nitrogens is 2. The highest BCUT2D eigenvalue weighted by Crippen LogP contribution is 2.36. The molecule has 0 saturated carbocycles. The average Bonchev–Trinajstić information content (AvgIpc) is 3.38. The fourth-order valence-corrected chi connectivity index (χ4v) is 3.39. The van der Waals surface area contributed by atoms with Crippen LogP contribution in [0.5, 0.6) is 0 Å². The lowest BCUT2D eigenvalue weighted by atomic mass is 10.1. The van der Waals surface area contributed by atoms with E-state index in [0.717, 1.165) is 10.0 Å². The molecule has 1 aliphatic heterocycles. The summed E-state index contributed by atoms with van der Waals surface area (Å²) < 4.78 is 20.7. The van der Waals surface area contributed by atoms with Crippen LogP contribution in [0.25, 0.3) is 0 Å². The smallest absolute Gasteiger partial charge is 0.338 e. The third-order valence-electron chi connectivity index (χ3n) is 4.50. The molecule has 2 atom stereocenters. The largest absolute Gasteiger partial charge is 0.459 e. The summed E-state index contributed by atoms with van der Waals surface area (Å²) in [6.45, 7) is 0.889. The van der Waals surface area contributed by atoms with Crippen LogP contribution in [0.3, 0.4) is 0 Å². The van der Waals surface area contributed by atoms with E-state index in [2.05, 4.69) is 20.9 Å². The van der Waals surface area contributed by atoms with Crippen LogP contribution < -0.4 is 0 Å². The lowest BCUT2D eigenvalue weighted by Crippen LogP contribution is -2.34. The third-order valence-corrected chi connectivity index (χ3v) is 5.03. The molecule has 0 N–H and O–H groups in total. The van der Waals surface area contributed by atoms with Crippen molar-refractivity contribution in [3.63, 3.8) is 0 Å². The van der Waals surface area contributed by atoms with Crippen molar-refractivity contribution < 1.29 is 19.0 Å². The highest BCUT2D eigenvalue weighted by atomic mass is 79.9. The Morgan fingerprint density at radius 3 is 2.71 bits per heavy atom. The third kappa shape index (κ3) is 4.16. The van der Waals surface area contributed by atoms with Gasteiger partial charge in [-0.3, -0.25) is 0 Å². The highest BCUT2D eigenvalue weighted by Gasteiger charge is 2.44. The van der Waals surface area contributed by atoms with Gasteiger partial charge in [0.25, 0.3) is 0 Å². The van der Waals surface area contributed by atoms with Gasteiger partial charge in [-0.25, -0.2) is 9.78 Å². The molecule has 1 saturated heterocycles. The van der Waals surface area contributed by atoms with Gasteiger partial charge in [0, 0.05) is 22.4 Å². The van der Waals surface area contributed by atoms with E-state index in [0.29, 0.717) is 18.7 Å².